The summed E-state index contributed by atoms with van der Waals surface area (Å²) in [4.78, 5) is 25.8. The van der Waals surface area contributed by atoms with Crippen LogP contribution in [0.5, 0.6) is 0 Å². The molecule has 0 aliphatic rings. The van der Waals surface area contributed by atoms with Gasteiger partial charge < -0.3 is 16.3 Å². The quantitative estimate of drug-likeness (QED) is 0.198. The number of carbonyl (C=O) groups excluding carboxylic acids is 1. The number of para-hydroxylation sites is 1. The molecule has 0 bridgehead atoms. The third kappa shape index (κ3) is 2.91. The Morgan fingerprint density at radius 2 is 2.18 bits per heavy atom. The van der Waals surface area contributed by atoms with Crippen LogP contribution in [0.1, 0.15) is 17.3 Å². The second kappa shape index (κ2) is 4.92. The van der Waals surface area contributed by atoms with Gasteiger partial charge >= 0.3 is 5.97 Å². The molecule has 0 saturated carbocycles. The summed E-state index contributed by atoms with van der Waals surface area (Å²) >= 11 is 0. The molecule has 8 heteroatoms. The molecule has 0 saturated heterocycles. The SMILES string of the molecule is CC(N)=NOC(=O)c1cccc([N+](=O)[O-])c1N. The van der Waals surface area contributed by atoms with Crippen molar-refractivity contribution < 1.29 is 14.6 Å². The van der Waals surface area contributed by atoms with Crippen molar-refractivity contribution in [2.45, 2.75) is 6.92 Å². The number of nitro benzene ring substituents is 1. The first-order valence-corrected chi connectivity index (χ1v) is 4.47. The fourth-order valence-corrected chi connectivity index (χ4v) is 1.05. The minimum atomic E-state index is -0.906. The molecular formula is C9H10N4O4. The smallest absolute Gasteiger partial charge is 0.368 e. The van der Waals surface area contributed by atoms with Crippen LogP contribution >= 0.6 is 0 Å². The first kappa shape index (κ1) is 12.4. The van der Waals surface area contributed by atoms with Gasteiger partial charge in [-0.05, 0) is 13.0 Å². The molecule has 0 amide bonds. The van der Waals surface area contributed by atoms with Crippen molar-refractivity contribution in [1.29, 1.82) is 0 Å². The van der Waals surface area contributed by atoms with E-state index in [1.54, 1.807) is 0 Å². The number of carbonyl (C=O) groups is 1. The highest BCUT2D eigenvalue weighted by atomic mass is 16.7. The summed E-state index contributed by atoms with van der Waals surface area (Å²) in [5.41, 5.74) is 9.86. The van der Waals surface area contributed by atoms with Gasteiger partial charge in [-0.1, -0.05) is 11.2 Å². The Kier molecular flexibility index (Phi) is 3.60. The van der Waals surface area contributed by atoms with Crippen LogP contribution in [-0.4, -0.2) is 16.7 Å². The highest BCUT2D eigenvalue weighted by Crippen LogP contribution is 2.25. The minimum absolute atomic E-state index is 0.0438. The number of amidine groups is 1. The molecule has 17 heavy (non-hydrogen) atoms. The third-order valence-corrected chi connectivity index (χ3v) is 1.77. The largest absolute Gasteiger partial charge is 0.392 e. The molecular weight excluding hydrogens is 228 g/mol. The summed E-state index contributed by atoms with van der Waals surface area (Å²) in [6, 6.07) is 3.81. The number of hydrogen-bond acceptors (Lipinski definition) is 6. The number of nitrogens with zero attached hydrogens (tertiary/aromatic N) is 2. The van der Waals surface area contributed by atoms with Crippen LogP contribution in [0.2, 0.25) is 0 Å². The molecule has 0 aromatic heterocycles. The molecule has 0 fully saturated rings. The fourth-order valence-electron chi connectivity index (χ4n) is 1.05. The molecule has 90 valence electrons. The van der Waals surface area contributed by atoms with Crippen molar-refractivity contribution in [3.05, 3.63) is 33.9 Å². The topological polar surface area (TPSA) is 134 Å². The van der Waals surface area contributed by atoms with Gasteiger partial charge in [0.2, 0.25) is 0 Å². The van der Waals surface area contributed by atoms with E-state index in [0.717, 1.165) is 0 Å². The van der Waals surface area contributed by atoms with Gasteiger partial charge in [0, 0.05) is 6.07 Å². The molecule has 0 spiro atoms. The Morgan fingerprint density at radius 1 is 1.53 bits per heavy atom. The van der Waals surface area contributed by atoms with Gasteiger partial charge in [-0.15, -0.1) is 0 Å². The van der Waals surface area contributed by atoms with E-state index in [-0.39, 0.29) is 22.8 Å². The third-order valence-electron chi connectivity index (χ3n) is 1.77. The average molecular weight is 238 g/mol. The van der Waals surface area contributed by atoms with E-state index in [1.165, 1.54) is 25.1 Å². The van der Waals surface area contributed by atoms with Crippen molar-refractivity contribution in [3.63, 3.8) is 0 Å². The number of nitrogens with two attached hydrogens (primary N) is 2. The molecule has 8 nitrogen and oxygen atoms in total. The maximum atomic E-state index is 11.5. The van der Waals surface area contributed by atoms with Gasteiger partial charge in [-0.2, -0.15) is 0 Å². The lowest BCUT2D eigenvalue weighted by atomic mass is 10.1. The minimum Gasteiger partial charge on any atom is -0.392 e. The highest BCUT2D eigenvalue weighted by molar-refractivity contribution is 5.97. The van der Waals surface area contributed by atoms with E-state index in [2.05, 4.69) is 9.99 Å². The average Bonchev–Trinajstić information content (AvgIpc) is 2.25. The van der Waals surface area contributed by atoms with Gasteiger partial charge in [0.15, 0.2) is 0 Å². The fraction of sp³-hybridized carbons (Fsp3) is 0.111. The summed E-state index contributed by atoms with van der Waals surface area (Å²) in [5.74, 6) is -0.863. The van der Waals surface area contributed by atoms with Crippen LogP contribution in [0.15, 0.2) is 23.4 Å². The van der Waals surface area contributed by atoms with Crippen molar-refractivity contribution in [2.24, 2.45) is 10.9 Å². The van der Waals surface area contributed by atoms with Gasteiger partial charge in [0.1, 0.15) is 11.5 Å². The standard InChI is InChI=1S/C9H10N4O4/c1-5(10)12-17-9(14)6-3-2-4-7(8(6)11)13(15)16/h2-4H,11H2,1H3,(H2,10,12). The lowest BCUT2D eigenvalue weighted by molar-refractivity contribution is -0.383. The summed E-state index contributed by atoms with van der Waals surface area (Å²) in [6.45, 7) is 1.42. The molecule has 1 aromatic rings. The Labute approximate surface area is 96.0 Å². The maximum absolute atomic E-state index is 11.5. The van der Waals surface area contributed by atoms with Gasteiger partial charge in [0.05, 0.1) is 10.5 Å². The normalized spacial score (nSPS) is 11.0. The number of anilines is 1. The molecule has 0 aliphatic carbocycles. The van der Waals surface area contributed by atoms with Crippen LogP contribution in [0.3, 0.4) is 0 Å². The van der Waals surface area contributed by atoms with Crippen LogP contribution in [0, 0.1) is 10.1 Å². The lowest BCUT2D eigenvalue weighted by Gasteiger charge is -2.02. The molecule has 0 aliphatic heterocycles. The van der Waals surface area contributed by atoms with Gasteiger partial charge in [-0.3, -0.25) is 10.1 Å². The number of hydrogen-bond donors (Lipinski definition) is 2. The number of benzene rings is 1. The van der Waals surface area contributed by atoms with Crippen molar-refractivity contribution >= 4 is 23.2 Å². The molecule has 0 unspecified atom stereocenters. The number of nitrogen functional groups attached to an aromatic ring is 1. The Hall–Kier alpha value is -2.64. The van der Waals surface area contributed by atoms with Crippen LogP contribution < -0.4 is 11.5 Å². The zero-order chi connectivity index (χ0) is 13.0. The van der Waals surface area contributed by atoms with Crippen molar-refractivity contribution in [2.75, 3.05) is 5.73 Å². The Morgan fingerprint density at radius 3 is 2.71 bits per heavy atom. The van der Waals surface area contributed by atoms with Crippen LogP contribution in [0.4, 0.5) is 11.4 Å². The van der Waals surface area contributed by atoms with Gasteiger partial charge in [0.25, 0.3) is 5.69 Å². The Balaban J connectivity index is 3.07. The van der Waals surface area contributed by atoms with Crippen molar-refractivity contribution in [1.82, 2.24) is 0 Å². The second-order valence-corrected chi connectivity index (χ2v) is 3.11. The van der Waals surface area contributed by atoms with Crippen LogP contribution in [-0.2, 0) is 4.84 Å². The second-order valence-electron chi connectivity index (χ2n) is 3.11. The molecule has 0 radical (unpaired) electrons. The zero-order valence-corrected chi connectivity index (χ0v) is 8.91. The Bertz CT molecular complexity index is 494. The number of rotatable bonds is 3. The summed E-state index contributed by atoms with van der Waals surface area (Å²) in [7, 11) is 0. The van der Waals surface area contributed by atoms with E-state index in [0.29, 0.717) is 0 Å². The van der Waals surface area contributed by atoms with E-state index >= 15 is 0 Å². The predicted octanol–water partition coefficient (Wildman–Crippen LogP) is 0.626. The molecule has 0 atom stereocenters. The van der Waals surface area contributed by atoms with E-state index in [4.69, 9.17) is 11.5 Å². The number of oxime groups is 1. The summed E-state index contributed by atoms with van der Waals surface area (Å²) in [6.07, 6.45) is 0. The van der Waals surface area contributed by atoms with Crippen molar-refractivity contribution in [3.8, 4) is 0 Å². The van der Waals surface area contributed by atoms with Gasteiger partial charge in [-0.25, -0.2) is 4.79 Å². The highest BCUT2D eigenvalue weighted by Gasteiger charge is 2.20. The monoisotopic (exact) mass is 238 g/mol. The summed E-state index contributed by atoms with van der Waals surface area (Å²) < 4.78 is 0. The van der Waals surface area contributed by atoms with E-state index in [9.17, 15) is 14.9 Å². The molecule has 4 N–H and O–H groups in total. The molecule has 1 rings (SSSR count). The molecule has 0 heterocycles. The predicted molar refractivity (Wildman–Crippen MR) is 60.2 cm³/mol. The van der Waals surface area contributed by atoms with Crippen LogP contribution in [0.25, 0.3) is 0 Å². The molecule has 1 aromatic carbocycles. The lowest BCUT2D eigenvalue weighted by Crippen LogP contribution is -2.11. The zero-order valence-electron chi connectivity index (χ0n) is 8.91. The first-order chi connectivity index (χ1) is 7.93. The first-order valence-electron chi connectivity index (χ1n) is 4.47. The maximum Gasteiger partial charge on any atom is 0.368 e. The summed E-state index contributed by atoms with van der Waals surface area (Å²) in [5, 5.41) is 13.8. The van der Waals surface area contributed by atoms with E-state index < -0.39 is 10.9 Å². The van der Waals surface area contributed by atoms with E-state index in [1.807, 2.05) is 0 Å². The number of nitro groups is 1.